The van der Waals surface area contributed by atoms with E-state index in [4.69, 9.17) is 47.4 Å². The van der Waals surface area contributed by atoms with Gasteiger partial charge in [0.1, 0.15) is 48.8 Å². The molecule has 0 aliphatic carbocycles. The lowest BCUT2D eigenvalue weighted by molar-refractivity contribution is -0.391. The third kappa shape index (κ3) is 11.4. The molecule has 0 saturated carbocycles. The number of methoxy groups -OCH3 is 1. The van der Waals surface area contributed by atoms with Crippen molar-refractivity contribution in [2.45, 2.75) is 101 Å². The van der Waals surface area contributed by atoms with Crippen molar-refractivity contribution in [3.05, 3.63) is 179 Å². The molecule has 11 atom stereocenters. The monoisotopic (exact) mass is 845 g/mol. The van der Waals surface area contributed by atoms with Gasteiger partial charge in [-0.3, -0.25) is 4.79 Å². The van der Waals surface area contributed by atoms with E-state index in [0.717, 1.165) is 27.8 Å². The maximum Gasteiger partial charge on any atom is 0.217 e. The van der Waals surface area contributed by atoms with Crippen molar-refractivity contribution >= 4 is 5.91 Å². The predicted octanol–water partition coefficient (Wildman–Crippen LogP) is 7.06. The van der Waals surface area contributed by atoms with Crippen molar-refractivity contribution in [3.8, 4) is 0 Å². The number of benzene rings is 5. The van der Waals surface area contributed by atoms with Gasteiger partial charge in [-0.2, -0.15) is 0 Å². The van der Waals surface area contributed by atoms with Crippen LogP contribution in [0.25, 0.3) is 0 Å². The maximum absolute atomic E-state index is 12.9. The second kappa shape index (κ2) is 22.0. The van der Waals surface area contributed by atoms with E-state index >= 15 is 0 Å². The summed E-state index contributed by atoms with van der Waals surface area (Å²) in [6, 6.07) is 48.6. The summed E-state index contributed by atoms with van der Waals surface area (Å²) in [6.07, 6.45) is -7.84. The number of carbonyl (C=O) groups is 1. The molecule has 3 fully saturated rings. The number of hydrogen-bond donors (Lipinski definition) is 1. The second-order valence-electron chi connectivity index (χ2n) is 15.6. The van der Waals surface area contributed by atoms with Gasteiger partial charge in [0.2, 0.25) is 5.91 Å². The average molecular weight is 846 g/mol. The Balaban J connectivity index is 1.15. The number of ether oxygens (including phenoxy) is 10. The summed E-state index contributed by atoms with van der Waals surface area (Å²) in [5.74, 6) is -0.286. The molecule has 326 valence electrons. The van der Waals surface area contributed by atoms with E-state index in [0.29, 0.717) is 6.61 Å². The van der Waals surface area contributed by atoms with E-state index < -0.39 is 67.6 Å². The zero-order valence-electron chi connectivity index (χ0n) is 35.0. The molecular formula is C50H55NO11. The zero-order chi connectivity index (χ0) is 42.5. The van der Waals surface area contributed by atoms with E-state index in [2.05, 4.69) is 5.32 Å². The molecule has 0 bridgehead atoms. The quantitative estimate of drug-likeness (QED) is 0.0977. The molecule has 1 unspecified atom stereocenters. The molecule has 12 heteroatoms. The van der Waals surface area contributed by atoms with Gasteiger partial charge < -0.3 is 52.7 Å². The number of amides is 1. The van der Waals surface area contributed by atoms with Gasteiger partial charge in [0.05, 0.1) is 39.6 Å². The molecule has 3 heterocycles. The molecule has 3 aliphatic heterocycles. The lowest BCUT2D eigenvalue weighted by Gasteiger charge is -2.51. The molecule has 1 amide bonds. The summed E-state index contributed by atoms with van der Waals surface area (Å²) in [4.78, 5) is 12.9. The normalized spacial score (nSPS) is 28.5. The molecule has 3 saturated heterocycles. The molecule has 5 aromatic rings. The van der Waals surface area contributed by atoms with E-state index in [1.165, 1.54) is 14.0 Å². The van der Waals surface area contributed by atoms with Gasteiger partial charge in [-0.25, -0.2) is 0 Å². The lowest BCUT2D eigenvalue weighted by Crippen LogP contribution is -2.69. The Hall–Kier alpha value is -4.83. The summed E-state index contributed by atoms with van der Waals surface area (Å²) >= 11 is 0. The van der Waals surface area contributed by atoms with Crippen molar-refractivity contribution in [1.82, 2.24) is 5.32 Å². The van der Waals surface area contributed by atoms with E-state index in [1.54, 1.807) is 0 Å². The van der Waals surface area contributed by atoms with Crippen molar-refractivity contribution in [1.29, 1.82) is 0 Å². The van der Waals surface area contributed by atoms with Gasteiger partial charge in [0.15, 0.2) is 18.9 Å². The van der Waals surface area contributed by atoms with Crippen LogP contribution in [0.15, 0.2) is 152 Å². The van der Waals surface area contributed by atoms with Crippen molar-refractivity contribution in [2.75, 3.05) is 20.3 Å². The molecule has 5 aromatic carbocycles. The van der Waals surface area contributed by atoms with Crippen LogP contribution in [0, 0.1) is 0 Å². The highest BCUT2D eigenvalue weighted by Gasteiger charge is 2.55. The fraction of sp³-hybridized carbons (Fsp3) is 0.380. The Morgan fingerprint density at radius 2 is 1.08 bits per heavy atom. The number of fused-ring (bicyclic) bond motifs is 1. The Bertz CT molecular complexity index is 2070. The van der Waals surface area contributed by atoms with Crippen LogP contribution in [0.5, 0.6) is 0 Å². The van der Waals surface area contributed by atoms with E-state index in [9.17, 15) is 4.79 Å². The fourth-order valence-corrected chi connectivity index (χ4v) is 8.11. The van der Waals surface area contributed by atoms with E-state index in [1.807, 2.05) is 152 Å². The highest BCUT2D eigenvalue weighted by Crippen LogP contribution is 2.39. The summed E-state index contributed by atoms with van der Waals surface area (Å²) in [7, 11) is 1.54. The van der Waals surface area contributed by atoms with Crippen LogP contribution in [-0.4, -0.2) is 87.6 Å². The Morgan fingerprint density at radius 1 is 0.581 bits per heavy atom. The third-order valence-electron chi connectivity index (χ3n) is 11.1. The summed E-state index contributed by atoms with van der Waals surface area (Å²) in [5.41, 5.74) is 4.75. The first kappa shape index (κ1) is 43.8. The first-order chi connectivity index (χ1) is 30.5. The largest absolute Gasteiger partial charge is 0.374 e. The van der Waals surface area contributed by atoms with Crippen molar-refractivity contribution < 1.29 is 52.2 Å². The summed E-state index contributed by atoms with van der Waals surface area (Å²) < 4.78 is 66.7. The SMILES string of the molecule is CO[C@H]1O[C@H](COCc2ccccc2)[C@@H](O[C@@H]2O[C@@H]3COC(c4ccccc4)O[C@H]3[C@H](OCc3ccccc3)[C@@H]2OCc2ccccc2)[C@H](OCc2ccccc2)[C@H]1NC(C)=O. The minimum absolute atomic E-state index is 0.102. The molecule has 3 aliphatic rings. The highest BCUT2D eigenvalue weighted by atomic mass is 16.8. The molecule has 0 aromatic heterocycles. The zero-order valence-corrected chi connectivity index (χ0v) is 35.0. The van der Waals surface area contributed by atoms with E-state index in [-0.39, 0.29) is 38.9 Å². The van der Waals surface area contributed by atoms with Gasteiger partial charge >= 0.3 is 0 Å². The van der Waals surface area contributed by atoms with Gasteiger partial charge in [0, 0.05) is 19.6 Å². The molecule has 0 spiro atoms. The topological polar surface area (TPSA) is 121 Å². The van der Waals surface area contributed by atoms with Crippen LogP contribution in [0.2, 0.25) is 0 Å². The van der Waals surface area contributed by atoms with Gasteiger partial charge in [-0.05, 0) is 22.3 Å². The highest BCUT2D eigenvalue weighted by molar-refractivity contribution is 5.73. The van der Waals surface area contributed by atoms with Crippen LogP contribution >= 0.6 is 0 Å². The molecular weight excluding hydrogens is 791 g/mol. The first-order valence-electron chi connectivity index (χ1n) is 21.2. The fourth-order valence-electron chi connectivity index (χ4n) is 8.11. The van der Waals surface area contributed by atoms with Gasteiger partial charge in [-0.1, -0.05) is 152 Å². The number of hydrogen-bond acceptors (Lipinski definition) is 11. The molecule has 62 heavy (non-hydrogen) atoms. The van der Waals surface area contributed by atoms with Crippen molar-refractivity contribution in [3.63, 3.8) is 0 Å². The van der Waals surface area contributed by atoms with Gasteiger partial charge in [0.25, 0.3) is 0 Å². The third-order valence-corrected chi connectivity index (χ3v) is 11.1. The van der Waals surface area contributed by atoms with Gasteiger partial charge in [-0.15, -0.1) is 0 Å². The Morgan fingerprint density at radius 3 is 1.61 bits per heavy atom. The number of nitrogens with one attached hydrogen (secondary N) is 1. The number of carbonyl (C=O) groups excluding carboxylic acids is 1. The van der Waals surface area contributed by atoms with Crippen LogP contribution in [-0.2, 0) is 78.6 Å². The first-order valence-corrected chi connectivity index (χ1v) is 21.2. The van der Waals surface area contributed by atoms with Crippen LogP contribution in [0.3, 0.4) is 0 Å². The Labute approximate surface area is 363 Å². The van der Waals surface area contributed by atoms with Crippen LogP contribution in [0.4, 0.5) is 0 Å². The maximum atomic E-state index is 12.9. The smallest absolute Gasteiger partial charge is 0.217 e. The predicted molar refractivity (Wildman–Crippen MR) is 228 cm³/mol. The molecule has 1 N–H and O–H groups in total. The Kier molecular flexibility index (Phi) is 15.5. The molecule has 12 nitrogen and oxygen atoms in total. The number of rotatable bonds is 18. The summed E-state index contributed by atoms with van der Waals surface area (Å²) in [6.45, 7) is 2.79. The minimum atomic E-state index is -1.06. The average Bonchev–Trinajstić information content (AvgIpc) is 3.32. The second-order valence-corrected chi connectivity index (χ2v) is 15.6. The summed E-state index contributed by atoms with van der Waals surface area (Å²) in [5, 5.41) is 3.04. The van der Waals surface area contributed by atoms with Crippen LogP contribution in [0.1, 0.15) is 41.0 Å². The minimum Gasteiger partial charge on any atom is -0.374 e. The van der Waals surface area contributed by atoms with Crippen molar-refractivity contribution in [2.24, 2.45) is 0 Å². The standard InChI is InChI=1S/C50H55NO11/c1-34(52)51-42-45(55-29-36-20-10-4-11-21-36)43(40(59-49(42)53-2)32-54-28-35-18-8-3-9-19-35)62-50-47(57-31-38-24-14-6-15-25-38)46(56-30-37-22-12-5-13-23-37)44-41(60-50)33-58-48(61-44)39-26-16-7-17-27-39/h3-27,40-50H,28-33H2,1-2H3,(H,51,52)/t40-,41-,42-,43-,44-,45-,46+,47+,48?,49+,50+/m1/s1. The van der Waals surface area contributed by atoms with Crippen LogP contribution < -0.4 is 5.32 Å². The molecule has 0 radical (unpaired) electrons. The lowest BCUT2D eigenvalue weighted by atomic mass is 9.94. The molecule has 8 rings (SSSR count).